The molecule has 0 spiro atoms. The number of hydrogen-bond acceptors (Lipinski definition) is 4. The van der Waals surface area contributed by atoms with E-state index in [1.165, 1.54) is 13.1 Å². The van der Waals surface area contributed by atoms with Crippen LogP contribution in [-0.4, -0.2) is 41.8 Å². The molecule has 2 aromatic carbocycles. The molecule has 1 heterocycles. The second-order valence-electron chi connectivity index (χ2n) is 6.87. The van der Waals surface area contributed by atoms with Crippen molar-refractivity contribution in [3.63, 3.8) is 0 Å². The minimum absolute atomic E-state index is 0.259. The number of sulfonamides is 1. The van der Waals surface area contributed by atoms with Gasteiger partial charge in [0.1, 0.15) is 0 Å². The molecule has 30 heavy (non-hydrogen) atoms. The van der Waals surface area contributed by atoms with Crippen LogP contribution in [0.3, 0.4) is 0 Å². The summed E-state index contributed by atoms with van der Waals surface area (Å²) in [5.74, 6) is -0.375. The molecule has 3 aromatic rings. The first-order chi connectivity index (χ1) is 14.3. The van der Waals surface area contributed by atoms with Crippen molar-refractivity contribution < 1.29 is 13.2 Å². The molecule has 1 N–H and O–H groups in total. The van der Waals surface area contributed by atoms with Crippen LogP contribution in [-0.2, 0) is 14.8 Å². The number of hydrogen-bond donors (Lipinski definition) is 1. The molecule has 0 aliphatic rings. The summed E-state index contributed by atoms with van der Waals surface area (Å²) in [5, 5.41) is 3.94. The van der Waals surface area contributed by atoms with Gasteiger partial charge in [-0.2, -0.15) is 4.31 Å². The Balaban J connectivity index is 1.57. The van der Waals surface area contributed by atoms with Crippen LogP contribution in [0.2, 0.25) is 0 Å². The fourth-order valence-electron chi connectivity index (χ4n) is 2.84. The zero-order valence-corrected chi connectivity index (χ0v) is 17.7. The Morgan fingerprint density at radius 1 is 1.17 bits per heavy atom. The molecule has 0 fully saturated rings. The molecule has 0 radical (unpaired) electrons. The van der Waals surface area contributed by atoms with Gasteiger partial charge >= 0.3 is 0 Å². The molecule has 7 nitrogen and oxygen atoms in total. The molecule has 156 valence electrons. The summed E-state index contributed by atoms with van der Waals surface area (Å²) in [6, 6.07) is 16.6. The first kappa shape index (κ1) is 21.5. The van der Waals surface area contributed by atoms with Gasteiger partial charge < -0.3 is 9.88 Å². The molecule has 1 amide bonds. The summed E-state index contributed by atoms with van der Waals surface area (Å²) in [7, 11) is -2.32. The van der Waals surface area contributed by atoms with Crippen LogP contribution in [0.4, 0.5) is 0 Å². The second-order valence-corrected chi connectivity index (χ2v) is 8.79. The highest BCUT2D eigenvalue weighted by Gasteiger charge is 2.19. The predicted molar refractivity (Wildman–Crippen MR) is 117 cm³/mol. The van der Waals surface area contributed by atoms with Gasteiger partial charge in [-0.05, 0) is 36.3 Å². The van der Waals surface area contributed by atoms with Crippen LogP contribution in [0.1, 0.15) is 24.1 Å². The largest absolute Gasteiger partial charge is 0.348 e. The van der Waals surface area contributed by atoms with E-state index in [4.69, 9.17) is 0 Å². The number of carbonyl (C=O) groups is 1. The molecule has 1 aromatic heterocycles. The summed E-state index contributed by atoms with van der Waals surface area (Å²) in [4.78, 5) is 16.4. The van der Waals surface area contributed by atoms with Gasteiger partial charge in [-0.25, -0.2) is 13.4 Å². The number of likely N-dealkylation sites (N-methyl/N-ethyl adjacent to an activating group) is 1. The first-order valence-electron chi connectivity index (χ1n) is 9.42. The van der Waals surface area contributed by atoms with Crippen molar-refractivity contribution in [2.24, 2.45) is 0 Å². The van der Waals surface area contributed by atoms with Gasteiger partial charge in [0.05, 0.1) is 18.9 Å². The Morgan fingerprint density at radius 2 is 1.87 bits per heavy atom. The van der Waals surface area contributed by atoms with E-state index >= 15 is 0 Å². The summed E-state index contributed by atoms with van der Waals surface area (Å²) < 4.78 is 27.7. The van der Waals surface area contributed by atoms with Crippen molar-refractivity contribution in [3.05, 3.63) is 89.9 Å². The van der Waals surface area contributed by atoms with Gasteiger partial charge in [0, 0.05) is 30.5 Å². The van der Waals surface area contributed by atoms with E-state index < -0.39 is 10.0 Å². The van der Waals surface area contributed by atoms with Gasteiger partial charge in [-0.3, -0.25) is 4.79 Å². The van der Waals surface area contributed by atoms with E-state index in [0.717, 1.165) is 26.5 Å². The molecule has 1 unspecified atom stereocenters. The van der Waals surface area contributed by atoms with Crippen molar-refractivity contribution >= 4 is 22.0 Å². The van der Waals surface area contributed by atoms with Crippen LogP contribution in [0.25, 0.3) is 11.8 Å². The van der Waals surface area contributed by atoms with Crippen molar-refractivity contribution in [2.75, 3.05) is 13.6 Å². The average molecular weight is 425 g/mol. The number of rotatable bonds is 8. The molecule has 3 rings (SSSR count). The lowest BCUT2D eigenvalue weighted by atomic mass is 10.1. The predicted octanol–water partition coefficient (Wildman–Crippen LogP) is 2.98. The van der Waals surface area contributed by atoms with Crippen LogP contribution >= 0.6 is 0 Å². The number of amides is 1. The Hall–Kier alpha value is -3.23. The van der Waals surface area contributed by atoms with Gasteiger partial charge in [-0.1, -0.05) is 42.5 Å². The molecular formula is C22H24N4O3S. The smallest absolute Gasteiger partial charge is 0.236 e. The lowest BCUT2D eigenvalue weighted by molar-refractivity contribution is -0.121. The highest BCUT2D eigenvalue weighted by atomic mass is 32.2. The minimum Gasteiger partial charge on any atom is -0.348 e. The molecular weight excluding hydrogens is 400 g/mol. The summed E-state index contributed by atoms with van der Waals surface area (Å²) >= 11 is 0. The van der Waals surface area contributed by atoms with E-state index in [-0.39, 0.29) is 18.5 Å². The number of nitrogens with one attached hydrogen (secondary N) is 1. The Kier molecular flexibility index (Phi) is 6.81. The monoisotopic (exact) mass is 424 g/mol. The Morgan fingerprint density at radius 3 is 2.50 bits per heavy atom. The minimum atomic E-state index is -3.70. The van der Waals surface area contributed by atoms with E-state index in [9.17, 15) is 13.2 Å². The zero-order chi connectivity index (χ0) is 21.6. The molecule has 0 saturated heterocycles. The van der Waals surface area contributed by atoms with Crippen LogP contribution in [0, 0.1) is 0 Å². The quantitative estimate of drug-likeness (QED) is 0.603. The lowest BCUT2D eigenvalue weighted by Gasteiger charge is -2.18. The third kappa shape index (κ3) is 5.65. The van der Waals surface area contributed by atoms with Gasteiger partial charge in [0.2, 0.25) is 15.9 Å². The molecule has 0 bridgehead atoms. The van der Waals surface area contributed by atoms with Gasteiger partial charge in [-0.15, -0.1) is 0 Å². The van der Waals surface area contributed by atoms with Crippen molar-refractivity contribution in [3.8, 4) is 5.69 Å². The first-order valence-corrected chi connectivity index (χ1v) is 10.9. The zero-order valence-electron chi connectivity index (χ0n) is 16.8. The van der Waals surface area contributed by atoms with Crippen LogP contribution < -0.4 is 5.32 Å². The van der Waals surface area contributed by atoms with E-state index in [2.05, 4.69) is 10.3 Å². The fourth-order valence-corrected chi connectivity index (χ4v) is 3.68. The standard InChI is InChI=1S/C22H24N4O3S/c1-18(20-8-10-21(11-9-20)26-14-13-23-17-26)24-22(27)16-25(2)30(28,29)15-12-19-6-4-3-5-7-19/h3-15,17-18H,16H2,1-2H3,(H,24,27)/b15-12+. The van der Waals surface area contributed by atoms with Crippen molar-refractivity contribution in [2.45, 2.75) is 13.0 Å². The van der Waals surface area contributed by atoms with Gasteiger partial charge in [0.25, 0.3) is 0 Å². The SMILES string of the molecule is CC(NC(=O)CN(C)S(=O)(=O)/C=C/c1ccccc1)c1ccc(-n2ccnc2)cc1. The normalized spacial score (nSPS) is 12.9. The van der Waals surface area contributed by atoms with E-state index in [0.29, 0.717) is 0 Å². The van der Waals surface area contributed by atoms with Crippen molar-refractivity contribution in [1.29, 1.82) is 0 Å². The third-order valence-electron chi connectivity index (χ3n) is 4.61. The van der Waals surface area contributed by atoms with Crippen molar-refractivity contribution in [1.82, 2.24) is 19.2 Å². The third-order valence-corrected chi connectivity index (χ3v) is 6.08. The maximum Gasteiger partial charge on any atom is 0.236 e. The number of nitrogens with zero attached hydrogens (tertiary/aromatic N) is 3. The van der Waals surface area contributed by atoms with Gasteiger partial charge in [0.15, 0.2) is 0 Å². The molecule has 0 aliphatic carbocycles. The number of aromatic nitrogens is 2. The molecule has 8 heteroatoms. The second kappa shape index (κ2) is 9.51. The topological polar surface area (TPSA) is 84.3 Å². The number of imidazole rings is 1. The number of carbonyl (C=O) groups excluding carboxylic acids is 1. The average Bonchev–Trinajstić information content (AvgIpc) is 3.28. The highest BCUT2D eigenvalue weighted by molar-refractivity contribution is 7.92. The van der Waals surface area contributed by atoms with E-state index in [1.54, 1.807) is 24.7 Å². The molecule has 0 saturated carbocycles. The maximum atomic E-state index is 12.4. The highest BCUT2D eigenvalue weighted by Crippen LogP contribution is 2.16. The Labute approximate surface area is 176 Å². The maximum absolute atomic E-state index is 12.4. The summed E-state index contributed by atoms with van der Waals surface area (Å²) in [6.45, 7) is 1.59. The number of benzene rings is 2. The molecule has 1 atom stereocenters. The summed E-state index contributed by atoms with van der Waals surface area (Å²) in [5.41, 5.74) is 2.65. The summed E-state index contributed by atoms with van der Waals surface area (Å²) in [6.07, 6.45) is 6.77. The van der Waals surface area contributed by atoms with E-state index in [1.807, 2.05) is 60.2 Å². The fraction of sp³-hybridized carbons (Fsp3) is 0.182. The van der Waals surface area contributed by atoms with Crippen LogP contribution in [0.15, 0.2) is 78.7 Å². The molecule has 0 aliphatic heterocycles. The lowest BCUT2D eigenvalue weighted by Crippen LogP contribution is -2.38. The Bertz CT molecular complexity index is 1090. The van der Waals surface area contributed by atoms with Crippen LogP contribution in [0.5, 0.6) is 0 Å².